The minimum Gasteiger partial charge on any atom is -0.293 e. The van der Waals surface area contributed by atoms with Crippen LogP contribution in [0.15, 0.2) is 30.3 Å². The van der Waals surface area contributed by atoms with E-state index >= 15 is 0 Å². The second kappa shape index (κ2) is 5.89. The number of hydrogen-bond donors (Lipinski definition) is 1. The predicted molar refractivity (Wildman–Crippen MR) is 64.4 cm³/mol. The number of alkyl halides is 1. The third-order valence-corrected chi connectivity index (χ3v) is 2.22. The standard InChI is InChI=1S/C11H11ClOS/c12-8-11(13)10-5-3-9(4-6-10)2-1-7-14/h1-6,14H,7-8H2. The first-order valence-electron chi connectivity index (χ1n) is 4.24. The second-order valence-corrected chi connectivity index (χ2v) is 3.40. The van der Waals surface area contributed by atoms with Crippen LogP contribution >= 0.6 is 24.2 Å². The van der Waals surface area contributed by atoms with Gasteiger partial charge in [0, 0.05) is 11.3 Å². The number of Topliss-reactive ketones (excluding diaryl/α,β-unsaturated/α-hetero) is 1. The third kappa shape index (κ3) is 3.20. The lowest BCUT2D eigenvalue weighted by molar-refractivity contribution is 0.102. The summed E-state index contributed by atoms with van der Waals surface area (Å²) in [7, 11) is 0. The highest BCUT2D eigenvalue weighted by Crippen LogP contribution is 2.07. The summed E-state index contributed by atoms with van der Waals surface area (Å²) in [6, 6.07) is 7.34. The largest absolute Gasteiger partial charge is 0.293 e. The molecule has 0 unspecified atom stereocenters. The van der Waals surface area contributed by atoms with Crippen molar-refractivity contribution in [2.24, 2.45) is 0 Å². The van der Waals surface area contributed by atoms with Crippen LogP contribution in [0.25, 0.3) is 6.08 Å². The maximum Gasteiger partial charge on any atom is 0.177 e. The summed E-state index contributed by atoms with van der Waals surface area (Å²) in [5.41, 5.74) is 1.72. The van der Waals surface area contributed by atoms with Gasteiger partial charge in [0.25, 0.3) is 0 Å². The van der Waals surface area contributed by atoms with Gasteiger partial charge in [-0.2, -0.15) is 12.6 Å². The van der Waals surface area contributed by atoms with E-state index in [2.05, 4.69) is 12.6 Å². The Bertz CT molecular complexity index is 330. The molecule has 0 N–H and O–H groups in total. The first-order chi connectivity index (χ1) is 6.77. The van der Waals surface area contributed by atoms with Gasteiger partial charge in [0.15, 0.2) is 5.78 Å². The lowest BCUT2D eigenvalue weighted by Gasteiger charge is -1.97. The topological polar surface area (TPSA) is 17.1 Å². The number of rotatable bonds is 4. The Labute approximate surface area is 94.2 Å². The fourth-order valence-electron chi connectivity index (χ4n) is 1.05. The van der Waals surface area contributed by atoms with Gasteiger partial charge >= 0.3 is 0 Å². The van der Waals surface area contributed by atoms with Crippen LogP contribution in [0, 0.1) is 0 Å². The molecule has 0 aromatic heterocycles. The molecule has 0 fully saturated rings. The molecular weight excluding hydrogens is 216 g/mol. The summed E-state index contributed by atoms with van der Waals surface area (Å²) >= 11 is 9.50. The first kappa shape index (κ1) is 11.3. The Hall–Kier alpha value is -0.730. The molecular formula is C11H11ClOS. The van der Waals surface area contributed by atoms with Crippen LogP contribution in [0.3, 0.4) is 0 Å². The molecule has 0 saturated carbocycles. The van der Waals surface area contributed by atoms with E-state index < -0.39 is 0 Å². The van der Waals surface area contributed by atoms with Crippen molar-refractivity contribution in [3.63, 3.8) is 0 Å². The minimum atomic E-state index is -0.0450. The molecule has 0 aliphatic carbocycles. The number of ketones is 1. The third-order valence-electron chi connectivity index (χ3n) is 1.77. The van der Waals surface area contributed by atoms with E-state index in [1.165, 1.54) is 0 Å². The molecule has 0 atom stereocenters. The van der Waals surface area contributed by atoms with Crippen molar-refractivity contribution in [2.75, 3.05) is 11.6 Å². The van der Waals surface area contributed by atoms with Crippen molar-refractivity contribution >= 4 is 36.1 Å². The van der Waals surface area contributed by atoms with Gasteiger partial charge in [0.05, 0.1) is 5.88 Å². The zero-order chi connectivity index (χ0) is 10.4. The maximum absolute atomic E-state index is 11.2. The maximum atomic E-state index is 11.2. The van der Waals surface area contributed by atoms with Crippen molar-refractivity contribution in [1.82, 2.24) is 0 Å². The van der Waals surface area contributed by atoms with Gasteiger partial charge in [-0.3, -0.25) is 4.79 Å². The lowest BCUT2D eigenvalue weighted by atomic mass is 10.1. The normalized spacial score (nSPS) is 10.7. The van der Waals surface area contributed by atoms with E-state index in [4.69, 9.17) is 11.6 Å². The molecule has 3 heteroatoms. The molecule has 0 heterocycles. The Morgan fingerprint density at radius 3 is 2.50 bits per heavy atom. The van der Waals surface area contributed by atoms with Crippen molar-refractivity contribution in [2.45, 2.75) is 0 Å². The van der Waals surface area contributed by atoms with Crippen molar-refractivity contribution in [3.8, 4) is 0 Å². The molecule has 1 aromatic rings. The van der Waals surface area contributed by atoms with Crippen LogP contribution < -0.4 is 0 Å². The highest BCUT2D eigenvalue weighted by molar-refractivity contribution is 7.80. The predicted octanol–water partition coefficient (Wildman–Crippen LogP) is 3.05. The number of carbonyl (C=O) groups excluding carboxylic acids is 1. The Morgan fingerprint density at radius 2 is 2.00 bits per heavy atom. The van der Waals surface area contributed by atoms with E-state index in [1.807, 2.05) is 24.3 Å². The van der Waals surface area contributed by atoms with Gasteiger partial charge in [-0.25, -0.2) is 0 Å². The number of carbonyl (C=O) groups is 1. The number of halogens is 1. The van der Waals surface area contributed by atoms with E-state index in [9.17, 15) is 4.79 Å². The molecule has 0 bridgehead atoms. The van der Waals surface area contributed by atoms with Gasteiger partial charge in [0.1, 0.15) is 0 Å². The van der Waals surface area contributed by atoms with Crippen LogP contribution in [0.1, 0.15) is 15.9 Å². The van der Waals surface area contributed by atoms with Gasteiger partial charge in [-0.05, 0) is 5.56 Å². The van der Waals surface area contributed by atoms with Crippen LogP contribution in [0.5, 0.6) is 0 Å². The van der Waals surface area contributed by atoms with E-state index in [0.717, 1.165) is 5.56 Å². The first-order valence-corrected chi connectivity index (χ1v) is 5.41. The van der Waals surface area contributed by atoms with Gasteiger partial charge in [0.2, 0.25) is 0 Å². The molecule has 74 valence electrons. The number of thiol groups is 1. The smallest absolute Gasteiger partial charge is 0.177 e. The second-order valence-electron chi connectivity index (χ2n) is 2.76. The summed E-state index contributed by atoms with van der Waals surface area (Å²) in [4.78, 5) is 11.2. The molecule has 0 aliphatic heterocycles. The number of benzene rings is 1. The Balaban J connectivity index is 2.78. The zero-order valence-corrected chi connectivity index (χ0v) is 9.26. The highest BCUT2D eigenvalue weighted by Gasteiger charge is 2.01. The monoisotopic (exact) mass is 226 g/mol. The zero-order valence-electron chi connectivity index (χ0n) is 7.61. The average molecular weight is 227 g/mol. The van der Waals surface area contributed by atoms with Gasteiger partial charge in [-0.1, -0.05) is 36.4 Å². The minimum absolute atomic E-state index is 0.0336. The highest BCUT2D eigenvalue weighted by atomic mass is 35.5. The molecule has 0 amide bonds. The molecule has 1 nitrogen and oxygen atoms in total. The Kier molecular flexibility index (Phi) is 4.77. The van der Waals surface area contributed by atoms with Crippen molar-refractivity contribution in [3.05, 3.63) is 41.5 Å². The van der Waals surface area contributed by atoms with Crippen LogP contribution in [-0.2, 0) is 0 Å². The van der Waals surface area contributed by atoms with Crippen LogP contribution in [-0.4, -0.2) is 17.4 Å². The fraction of sp³-hybridized carbons (Fsp3) is 0.182. The van der Waals surface area contributed by atoms with Crippen molar-refractivity contribution in [1.29, 1.82) is 0 Å². The van der Waals surface area contributed by atoms with Crippen LogP contribution in [0.4, 0.5) is 0 Å². The summed E-state index contributed by atoms with van der Waals surface area (Å²) in [6.07, 6.45) is 3.91. The summed E-state index contributed by atoms with van der Waals surface area (Å²) < 4.78 is 0. The molecule has 1 rings (SSSR count). The SMILES string of the molecule is O=C(CCl)c1ccc(C=CCS)cc1. The summed E-state index contributed by atoms with van der Waals surface area (Å²) in [6.45, 7) is 0. The fourth-order valence-corrected chi connectivity index (χ4v) is 1.31. The van der Waals surface area contributed by atoms with E-state index in [0.29, 0.717) is 11.3 Å². The summed E-state index contributed by atoms with van der Waals surface area (Å²) in [5, 5.41) is 0. The molecule has 0 radical (unpaired) electrons. The van der Waals surface area contributed by atoms with E-state index in [1.54, 1.807) is 12.1 Å². The Morgan fingerprint density at radius 1 is 1.36 bits per heavy atom. The van der Waals surface area contributed by atoms with Gasteiger partial charge in [-0.15, -0.1) is 11.6 Å². The molecule has 14 heavy (non-hydrogen) atoms. The summed E-state index contributed by atoms with van der Waals surface area (Å²) in [5.74, 6) is 0.699. The molecule has 0 spiro atoms. The average Bonchev–Trinajstić information content (AvgIpc) is 2.26. The molecule has 0 saturated heterocycles. The lowest BCUT2D eigenvalue weighted by Crippen LogP contribution is -1.99. The quantitative estimate of drug-likeness (QED) is 0.475. The molecule has 1 aromatic carbocycles. The van der Waals surface area contributed by atoms with E-state index in [-0.39, 0.29) is 11.7 Å². The van der Waals surface area contributed by atoms with Crippen LogP contribution in [0.2, 0.25) is 0 Å². The van der Waals surface area contributed by atoms with Crippen molar-refractivity contribution < 1.29 is 4.79 Å². The number of hydrogen-bond acceptors (Lipinski definition) is 2. The molecule has 0 aliphatic rings. The van der Waals surface area contributed by atoms with Gasteiger partial charge < -0.3 is 0 Å².